The number of aromatic nitrogens is 2. The van der Waals surface area contributed by atoms with Gasteiger partial charge in [0.15, 0.2) is 0 Å². The van der Waals surface area contributed by atoms with Gasteiger partial charge in [0.25, 0.3) is 0 Å². The first kappa shape index (κ1) is 15.2. The van der Waals surface area contributed by atoms with Gasteiger partial charge in [-0.15, -0.1) is 0 Å². The second-order valence-corrected chi connectivity index (χ2v) is 3.80. The highest BCUT2D eigenvalue weighted by Gasteiger charge is 2.10. The highest BCUT2D eigenvalue weighted by Crippen LogP contribution is 2.15. The average molecular weight is 288 g/mol. The maximum atomic E-state index is 11.5. The number of amides is 1. The minimum Gasteiger partial charge on any atom is -0.481 e. The number of halogens is 1. The Bertz CT molecular complexity index is 467. The Balaban J connectivity index is 2.52. The van der Waals surface area contributed by atoms with Crippen molar-refractivity contribution in [2.45, 2.75) is 19.8 Å². The third-order valence-electron chi connectivity index (χ3n) is 1.99. The summed E-state index contributed by atoms with van der Waals surface area (Å²) in [6.45, 7) is 1.99. The lowest BCUT2D eigenvalue weighted by Crippen LogP contribution is -2.16. The van der Waals surface area contributed by atoms with Gasteiger partial charge in [0.1, 0.15) is 5.15 Å². The van der Waals surface area contributed by atoms with Crippen LogP contribution in [0, 0.1) is 0 Å². The van der Waals surface area contributed by atoms with E-state index in [1.807, 2.05) is 0 Å². The molecule has 1 heterocycles. The van der Waals surface area contributed by atoms with E-state index in [4.69, 9.17) is 21.1 Å². The van der Waals surface area contributed by atoms with Crippen molar-refractivity contribution >= 4 is 29.4 Å². The van der Waals surface area contributed by atoms with Crippen LogP contribution in [0.1, 0.15) is 19.8 Å². The van der Waals surface area contributed by atoms with Crippen LogP contribution in [-0.2, 0) is 14.3 Å². The molecule has 1 aromatic heterocycles. The first-order valence-corrected chi connectivity index (χ1v) is 5.97. The molecule has 0 saturated carbocycles. The first-order chi connectivity index (χ1) is 9.05. The van der Waals surface area contributed by atoms with Crippen LogP contribution in [0.2, 0.25) is 5.15 Å². The number of hydrogen-bond donors (Lipinski definition) is 1. The fraction of sp³-hybridized carbons (Fsp3) is 0.455. The van der Waals surface area contributed by atoms with E-state index < -0.39 is 11.9 Å². The highest BCUT2D eigenvalue weighted by molar-refractivity contribution is 6.29. The molecule has 19 heavy (non-hydrogen) atoms. The number of carbonyl (C=O) groups is 2. The van der Waals surface area contributed by atoms with Crippen LogP contribution in [0.5, 0.6) is 5.88 Å². The van der Waals surface area contributed by atoms with E-state index in [2.05, 4.69) is 15.3 Å². The molecule has 104 valence electrons. The Morgan fingerprint density at radius 3 is 2.74 bits per heavy atom. The number of anilines is 1. The molecule has 0 aliphatic carbocycles. The molecule has 0 fully saturated rings. The summed E-state index contributed by atoms with van der Waals surface area (Å²) in [7, 11) is 1.42. The van der Waals surface area contributed by atoms with Crippen molar-refractivity contribution in [3.8, 4) is 5.88 Å². The molecule has 1 amide bonds. The number of nitrogens with one attached hydrogen (secondary N) is 1. The van der Waals surface area contributed by atoms with Gasteiger partial charge in [0.05, 0.1) is 20.1 Å². The van der Waals surface area contributed by atoms with Crippen LogP contribution in [0.25, 0.3) is 0 Å². The summed E-state index contributed by atoms with van der Waals surface area (Å²) in [5.41, 5.74) is 0. The number of nitrogens with zero attached hydrogens (tertiary/aromatic N) is 2. The predicted octanol–water partition coefficient (Wildman–Crippen LogP) is 1.42. The fourth-order valence-corrected chi connectivity index (χ4v) is 1.37. The van der Waals surface area contributed by atoms with Gasteiger partial charge in [-0.05, 0) is 6.92 Å². The standard InChI is InChI=1S/C11H14ClN3O4/c1-3-19-10(17)5-4-8(16)14-11-13-7(12)6-9(15-11)18-2/h6H,3-5H2,1-2H3,(H,13,14,15,16). The Labute approximate surface area is 115 Å². The van der Waals surface area contributed by atoms with Crippen LogP contribution in [-0.4, -0.2) is 35.6 Å². The van der Waals surface area contributed by atoms with Gasteiger partial charge in [-0.3, -0.25) is 14.9 Å². The van der Waals surface area contributed by atoms with Gasteiger partial charge in [-0.2, -0.15) is 4.98 Å². The van der Waals surface area contributed by atoms with E-state index in [0.29, 0.717) is 0 Å². The molecule has 0 aromatic carbocycles. The highest BCUT2D eigenvalue weighted by atomic mass is 35.5. The van der Waals surface area contributed by atoms with Crippen molar-refractivity contribution in [2.24, 2.45) is 0 Å². The van der Waals surface area contributed by atoms with Crippen molar-refractivity contribution in [1.29, 1.82) is 0 Å². The zero-order valence-corrected chi connectivity index (χ0v) is 11.4. The summed E-state index contributed by atoms with van der Waals surface area (Å²) in [6.07, 6.45) is -0.0194. The van der Waals surface area contributed by atoms with Gasteiger partial charge in [-0.25, -0.2) is 4.98 Å². The number of methoxy groups -OCH3 is 1. The van der Waals surface area contributed by atoms with E-state index in [1.54, 1.807) is 6.92 Å². The molecular weight excluding hydrogens is 274 g/mol. The van der Waals surface area contributed by atoms with Gasteiger partial charge < -0.3 is 9.47 Å². The normalized spacial score (nSPS) is 9.84. The minimum atomic E-state index is -0.428. The third kappa shape index (κ3) is 5.52. The molecule has 0 bridgehead atoms. The molecule has 8 heteroatoms. The smallest absolute Gasteiger partial charge is 0.306 e. The third-order valence-corrected chi connectivity index (χ3v) is 2.19. The molecule has 0 atom stereocenters. The summed E-state index contributed by atoms with van der Waals surface area (Å²) in [5, 5.41) is 2.57. The van der Waals surface area contributed by atoms with Crippen LogP contribution >= 0.6 is 11.6 Å². The number of carbonyl (C=O) groups excluding carboxylic acids is 2. The second kappa shape index (κ2) is 7.52. The van der Waals surface area contributed by atoms with Crippen molar-refractivity contribution in [3.05, 3.63) is 11.2 Å². The summed E-state index contributed by atoms with van der Waals surface area (Å²) >= 11 is 5.72. The number of esters is 1. The maximum absolute atomic E-state index is 11.5. The molecule has 0 radical (unpaired) electrons. The van der Waals surface area contributed by atoms with E-state index in [-0.39, 0.29) is 36.4 Å². The van der Waals surface area contributed by atoms with Gasteiger partial charge in [0.2, 0.25) is 17.7 Å². The summed E-state index contributed by atoms with van der Waals surface area (Å²) in [6, 6.07) is 1.41. The lowest BCUT2D eigenvalue weighted by Gasteiger charge is -2.05. The fourth-order valence-electron chi connectivity index (χ4n) is 1.19. The first-order valence-electron chi connectivity index (χ1n) is 5.59. The quantitative estimate of drug-likeness (QED) is 0.628. The Morgan fingerprint density at radius 1 is 1.37 bits per heavy atom. The summed E-state index contributed by atoms with van der Waals surface area (Å²) in [4.78, 5) is 30.3. The molecule has 1 N–H and O–H groups in total. The lowest BCUT2D eigenvalue weighted by atomic mass is 10.3. The van der Waals surface area contributed by atoms with Gasteiger partial charge in [0, 0.05) is 12.5 Å². The van der Waals surface area contributed by atoms with Crippen molar-refractivity contribution < 1.29 is 19.1 Å². The Morgan fingerprint density at radius 2 is 2.11 bits per heavy atom. The summed E-state index contributed by atoms with van der Waals surface area (Å²) < 4.78 is 9.59. The largest absolute Gasteiger partial charge is 0.481 e. The lowest BCUT2D eigenvalue weighted by molar-refractivity contribution is -0.144. The zero-order chi connectivity index (χ0) is 14.3. The molecule has 0 spiro atoms. The van der Waals surface area contributed by atoms with Crippen LogP contribution < -0.4 is 10.1 Å². The van der Waals surface area contributed by atoms with Crippen LogP contribution in [0.4, 0.5) is 5.95 Å². The van der Waals surface area contributed by atoms with Crippen LogP contribution in [0.15, 0.2) is 6.07 Å². The summed E-state index contributed by atoms with van der Waals surface area (Å²) in [5.74, 6) is -0.571. The zero-order valence-electron chi connectivity index (χ0n) is 10.6. The van der Waals surface area contributed by atoms with Crippen LogP contribution in [0.3, 0.4) is 0 Å². The van der Waals surface area contributed by atoms with E-state index in [0.717, 1.165) is 0 Å². The predicted molar refractivity (Wildman–Crippen MR) is 68.1 cm³/mol. The molecule has 0 unspecified atom stereocenters. The minimum absolute atomic E-state index is 0.00261. The van der Waals surface area contributed by atoms with E-state index >= 15 is 0 Å². The van der Waals surface area contributed by atoms with Gasteiger partial charge in [-0.1, -0.05) is 11.6 Å². The number of rotatable bonds is 6. The molecular formula is C11H14ClN3O4. The average Bonchev–Trinajstić information content (AvgIpc) is 2.36. The molecule has 1 aromatic rings. The molecule has 1 rings (SSSR count). The van der Waals surface area contributed by atoms with Gasteiger partial charge >= 0.3 is 5.97 Å². The van der Waals surface area contributed by atoms with E-state index in [9.17, 15) is 9.59 Å². The number of ether oxygens (including phenoxy) is 2. The van der Waals surface area contributed by atoms with E-state index in [1.165, 1.54) is 13.2 Å². The monoisotopic (exact) mass is 287 g/mol. The van der Waals surface area contributed by atoms with Crippen molar-refractivity contribution in [3.63, 3.8) is 0 Å². The maximum Gasteiger partial charge on any atom is 0.306 e. The second-order valence-electron chi connectivity index (χ2n) is 3.41. The molecule has 0 aliphatic heterocycles. The SMILES string of the molecule is CCOC(=O)CCC(=O)Nc1nc(Cl)cc(OC)n1. The van der Waals surface area contributed by atoms with Crippen molar-refractivity contribution in [2.75, 3.05) is 19.0 Å². The topological polar surface area (TPSA) is 90.4 Å². The number of hydrogen-bond acceptors (Lipinski definition) is 6. The Hall–Kier alpha value is -1.89. The molecule has 7 nitrogen and oxygen atoms in total. The van der Waals surface area contributed by atoms with Crippen molar-refractivity contribution in [1.82, 2.24) is 9.97 Å². The molecule has 0 saturated heterocycles. The molecule has 0 aliphatic rings. The Kier molecular flexibility index (Phi) is 6.01.